The molecule has 0 aromatic heterocycles. The normalized spacial score (nSPS) is 30.6. The van der Waals surface area contributed by atoms with Gasteiger partial charge in [0.1, 0.15) is 6.04 Å². The van der Waals surface area contributed by atoms with Crippen molar-refractivity contribution >= 4 is 11.7 Å². The Morgan fingerprint density at radius 2 is 2.24 bits per heavy atom. The van der Waals surface area contributed by atoms with Crippen LogP contribution in [-0.2, 0) is 9.53 Å². The van der Waals surface area contributed by atoms with Gasteiger partial charge in [-0.05, 0) is 25.1 Å². The molecule has 90 valence electrons. The van der Waals surface area contributed by atoms with Crippen molar-refractivity contribution in [3.8, 4) is 0 Å². The second-order valence-electron chi connectivity index (χ2n) is 4.72. The molecular formula is C13H16N2O2. The van der Waals surface area contributed by atoms with Crippen molar-refractivity contribution in [2.24, 2.45) is 0 Å². The first-order valence-electron chi connectivity index (χ1n) is 5.87. The Labute approximate surface area is 101 Å². The lowest BCUT2D eigenvalue weighted by Crippen LogP contribution is -2.41. The molecule has 0 radical (unpaired) electrons. The molecule has 0 amide bonds. The lowest BCUT2D eigenvalue weighted by Gasteiger charge is -2.23. The Balaban J connectivity index is 1.90. The molecule has 17 heavy (non-hydrogen) atoms. The van der Waals surface area contributed by atoms with E-state index in [2.05, 4.69) is 22.3 Å². The zero-order chi connectivity index (χ0) is 12.0. The molecule has 1 aromatic rings. The quantitative estimate of drug-likeness (QED) is 0.743. The number of fused-ring (bicyclic) bond motifs is 3. The molecule has 0 saturated carbocycles. The highest BCUT2D eigenvalue weighted by atomic mass is 16.5. The fraction of sp³-hybridized carbons (Fsp3) is 0.462. The van der Waals surface area contributed by atoms with E-state index in [0.717, 1.165) is 6.42 Å². The van der Waals surface area contributed by atoms with Crippen molar-refractivity contribution in [2.45, 2.75) is 24.5 Å². The number of carbonyl (C=O) groups excluding carboxylic acids is 1. The predicted molar refractivity (Wildman–Crippen MR) is 64.8 cm³/mol. The maximum Gasteiger partial charge on any atom is 0.323 e. The van der Waals surface area contributed by atoms with Crippen LogP contribution in [0.4, 0.5) is 5.69 Å². The van der Waals surface area contributed by atoms with Gasteiger partial charge in [0.05, 0.1) is 13.3 Å². The molecule has 0 bridgehead atoms. The van der Waals surface area contributed by atoms with Crippen LogP contribution in [0.2, 0.25) is 0 Å². The monoisotopic (exact) mass is 232 g/mol. The Bertz CT molecular complexity index is 460. The van der Waals surface area contributed by atoms with Crippen molar-refractivity contribution in [1.29, 1.82) is 0 Å². The molecule has 0 aliphatic carbocycles. The number of carbonyl (C=O) groups is 1. The van der Waals surface area contributed by atoms with Gasteiger partial charge in [-0.15, -0.1) is 0 Å². The molecule has 2 aliphatic rings. The first kappa shape index (κ1) is 10.6. The van der Waals surface area contributed by atoms with Gasteiger partial charge in [0.25, 0.3) is 0 Å². The van der Waals surface area contributed by atoms with Gasteiger partial charge in [0.15, 0.2) is 0 Å². The molecule has 1 aromatic carbocycles. The third-order valence-electron chi connectivity index (χ3n) is 3.93. The predicted octanol–water partition coefficient (Wildman–Crippen LogP) is 1.40. The molecule has 1 saturated heterocycles. The SMILES string of the molecule is COC(=O)C1CC2c3ccccc3NC2N1C. The number of ether oxygens (including phenoxy) is 1. The van der Waals surface area contributed by atoms with Crippen LogP contribution in [0.15, 0.2) is 24.3 Å². The standard InChI is InChI=1S/C13H16N2O2/c1-15-11(13(16)17-2)7-9-8-5-3-4-6-10(8)14-12(9)15/h3-6,9,11-12,14H,7H2,1-2H3. The number of likely N-dealkylation sites (tertiary alicyclic amines) is 1. The van der Waals surface area contributed by atoms with Crippen molar-refractivity contribution in [3.63, 3.8) is 0 Å². The highest BCUT2D eigenvalue weighted by Gasteiger charge is 2.47. The summed E-state index contributed by atoms with van der Waals surface area (Å²) in [4.78, 5) is 13.8. The van der Waals surface area contributed by atoms with E-state index in [0.29, 0.717) is 5.92 Å². The summed E-state index contributed by atoms with van der Waals surface area (Å²) in [5.41, 5.74) is 2.51. The van der Waals surface area contributed by atoms with Crippen LogP contribution in [0.25, 0.3) is 0 Å². The highest BCUT2D eigenvalue weighted by Crippen LogP contribution is 2.45. The Morgan fingerprint density at radius 3 is 3.00 bits per heavy atom. The summed E-state index contributed by atoms with van der Waals surface area (Å²) >= 11 is 0. The number of esters is 1. The van der Waals surface area contributed by atoms with Crippen LogP contribution in [0.3, 0.4) is 0 Å². The van der Waals surface area contributed by atoms with Crippen molar-refractivity contribution < 1.29 is 9.53 Å². The lowest BCUT2D eigenvalue weighted by molar-refractivity contribution is -0.145. The second kappa shape index (κ2) is 3.74. The van der Waals surface area contributed by atoms with Crippen LogP contribution in [0.5, 0.6) is 0 Å². The fourth-order valence-electron chi connectivity index (χ4n) is 3.02. The van der Waals surface area contributed by atoms with Gasteiger partial charge in [0, 0.05) is 11.6 Å². The van der Waals surface area contributed by atoms with E-state index in [1.165, 1.54) is 18.4 Å². The van der Waals surface area contributed by atoms with Gasteiger partial charge >= 0.3 is 5.97 Å². The number of hydrogen-bond donors (Lipinski definition) is 1. The average Bonchev–Trinajstić information content (AvgIpc) is 2.86. The van der Waals surface area contributed by atoms with Crippen LogP contribution in [0, 0.1) is 0 Å². The van der Waals surface area contributed by atoms with Crippen molar-refractivity contribution in [3.05, 3.63) is 29.8 Å². The van der Waals surface area contributed by atoms with Gasteiger partial charge in [-0.25, -0.2) is 0 Å². The maximum absolute atomic E-state index is 11.7. The highest BCUT2D eigenvalue weighted by molar-refractivity contribution is 5.77. The van der Waals surface area contributed by atoms with Gasteiger partial charge < -0.3 is 10.1 Å². The minimum Gasteiger partial charge on any atom is -0.468 e. The lowest BCUT2D eigenvalue weighted by atomic mass is 9.96. The Hall–Kier alpha value is -1.55. The molecule has 1 fully saturated rings. The number of benzene rings is 1. The van der Waals surface area contributed by atoms with E-state index in [4.69, 9.17) is 4.74 Å². The summed E-state index contributed by atoms with van der Waals surface area (Å²) in [6.45, 7) is 0. The van der Waals surface area contributed by atoms with E-state index in [1.54, 1.807) is 0 Å². The van der Waals surface area contributed by atoms with Crippen molar-refractivity contribution in [2.75, 3.05) is 19.5 Å². The van der Waals surface area contributed by atoms with Crippen LogP contribution >= 0.6 is 0 Å². The summed E-state index contributed by atoms with van der Waals surface area (Å²) in [6.07, 6.45) is 1.05. The van der Waals surface area contributed by atoms with Crippen molar-refractivity contribution in [1.82, 2.24) is 4.90 Å². The number of methoxy groups -OCH3 is 1. The van der Waals surface area contributed by atoms with E-state index < -0.39 is 0 Å². The van der Waals surface area contributed by atoms with Gasteiger partial charge in [-0.3, -0.25) is 9.69 Å². The number of likely N-dealkylation sites (N-methyl/N-ethyl adjacent to an activating group) is 1. The minimum absolute atomic E-state index is 0.129. The number of nitrogens with one attached hydrogen (secondary N) is 1. The van der Waals surface area contributed by atoms with Crippen LogP contribution in [0.1, 0.15) is 17.9 Å². The molecule has 2 aliphatic heterocycles. The number of hydrogen-bond acceptors (Lipinski definition) is 4. The number of para-hydroxylation sites is 1. The van der Waals surface area contributed by atoms with E-state index >= 15 is 0 Å². The topological polar surface area (TPSA) is 41.6 Å². The average molecular weight is 232 g/mol. The van der Waals surface area contributed by atoms with Gasteiger partial charge in [-0.2, -0.15) is 0 Å². The first-order valence-corrected chi connectivity index (χ1v) is 5.87. The summed E-state index contributed by atoms with van der Waals surface area (Å²) in [5, 5.41) is 3.47. The molecule has 0 spiro atoms. The van der Waals surface area contributed by atoms with E-state index in [-0.39, 0.29) is 18.2 Å². The third kappa shape index (κ3) is 1.44. The second-order valence-corrected chi connectivity index (χ2v) is 4.72. The fourth-order valence-corrected chi connectivity index (χ4v) is 3.02. The molecular weight excluding hydrogens is 216 g/mol. The number of rotatable bonds is 1. The molecule has 1 N–H and O–H groups in total. The number of anilines is 1. The first-order chi connectivity index (χ1) is 8.22. The maximum atomic E-state index is 11.7. The van der Waals surface area contributed by atoms with E-state index in [1.807, 2.05) is 19.2 Å². The van der Waals surface area contributed by atoms with Gasteiger partial charge in [0.2, 0.25) is 0 Å². The summed E-state index contributed by atoms with van der Waals surface area (Å²) < 4.78 is 4.85. The van der Waals surface area contributed by atoms with Gasteiger partial charge in [-0.1, -0.05) is 18.2 Å². The smallest absolute Gasteiger partial charge is 0.323 e. The molecule has 4 nitrogen and oxygen atoms in total. The minimum atomic E-state index is -0.138. The molecule has 3 atom stereocenters. The molecule has 2 heterocycles. The Morgan fingerprint density at radius 1 is 1.47 bits per heavy atom. The molecule has 3 rings (SSSR count). The third-order valence-corrected chi connectivity index (χ3v) is 3.93. The molecule has 3 unspecified atom stereocenters. The van der Waals surface area contributed by atoms with Crippen LogP contribution < -0.4 is 5.32 Å². The zero-order valence-electron chi connectivity index (χ0n) is 10.0. The zero-order valence-corrected chi connectivity index (χ0v) is 10.0. The molecule has 4 heteroatoms. The number of nitrogens with zero attached hydrogens (tertiary/aromatic N) is 1. The van der Waals surface area contributed by atoms with Crippen LogP contribution in [-0.4, -0.2) is 37.2 Å². The summed E-state index contributed by atoms with van der Waals surface area (Å²) in [6, 6.07) is 8.18. The Kier molecular flexibility index (Phi) is 2.33. The summed E-state index contributed by atoms with van der Waals surface area (Å²) in [7, 11) is 3.43. The summed E-state index contributed by atoms with van der Waals surface area (Å²) in [5.74, 6) is 0.251. The largest absolute Gasteiger partial charge is 0.468 e. The van der Waals surface area contributed by atoms with E-state index in [9.17, 15) is 4.79 Å².